The lowest BCUT2D eigenvalue weighted by Crippen LogP contribution is -2.35. The van der Waals surface area contributed by atoms with Gasteiger partial charge in [0, 0.05) is 30.8 Å². The molecule has 3 aromatic carbocycles. The van der Waals surface area contributed by atoms with Gasteiger partial charge in [-0.15, -0.1) is 5.10 Å². The molecule has 5 aromatic rings. The van der Waals surface area contributed by atoms with E-state index < -0.39 is 6.04 Å². The van der Waals surface area contributed by atoms with Crippen molar-refractivity contribution >= 4 is 22.5 Å². The van der Waals surface area contributed by atoms with Crippen LogP contribution < -0.4 is 5.56 Å². The number of hydrogen-bond donors (Lipinski definition) is 1. The number of benzene rings is 3. The van der Waals surface area contributed by atoms with E-state index in [1.807, 2.05) is 55.5 Å². The second-order valence-corrected chi connectivity index (χ2v) is 10.2. The average molecular weight is 543 g/mol. The van der Waals surface area contributed by atoms with Gasteiger partial charge in [0.1, 0.15) is 6.04 Å². The number of aromatic amines is 1. The number of hydrogen-bond acceptors (Lipinski definition) is 6. The molecule has 0 fully saturated rings. The summed E-state index contributed by atoms with van der Waals surface area (Å²) in [5, 5.41) is 14.3. The van der Waals surface area contributed by atoms with Crippen molar-refractivity contribution in [2.75, 3.05) is 13.7 Å². The molecule has 39 heavy (non-hydrogen) atoms. The number of aromatic nitrogens is 5. The number of pyridine rings is 1. The third kappa shape index (κ3) is 6.09. The molecule has 2 aromatic heterocycles. The van der Waals surface area contributed by atoms with E-state index in [2.05, 4.69) is 56.6 Å². The van der Waals surface area contributed by atoms with Crippen LogP contribution in [-0.4, -0.2) is 43.8 Å². The lowest BCUT2D eigenvalue weighted by Gasteiger charge is -2.31. The Balaban J connectivity index is 1.70. The number of halogens is 1. The van der Waals surface area contributed by atoms with Gasteiger partial charge in [-0.25, -0.2) is 4.68 Å². The second kappa shape index (κ2) is 11.9. The monoisotopic (exact) mass is 542 g/mol. The van der Waals surface area contributed by atoms with E-state index in [9.17, 15) is 4.79 Å². The molecule has 0 bridgehead atoms. The third-order valence-corrected chi connectivity index (χ3v) is 7.07. The maximum Gasteiger partial charge on any atom is 0.253 e. The van der Waals surface area contributed by atoms with Crippen LogP contribution in [0, 0.1) is 13.8 Å². The average Bonchev–Trinajstić information content (AvgIpc) is 3.38. The van der Waals surface area contributed by atoms with Gasteiger partial charge in [0.25, 0.3) is 5.56 Å². The Labute approximate surface area is 232 Å². The molecule has 0 saturated carbocycles. The van der Waals surface area contributed by atoms with Crippen LogP contribution in [0.4, 0.5) is 0 Å². The van der Waals surface area contributed by atoms with Crippen LogP contribution in [-0.2, 0) is 24.4 Å². The number of aryl methyl sites for hydroxylation is 2. The number of rotatable bonds is 10. The zero-order chi connectivity index (χ0) is 27.4. The van der Waals surface area contributed by atoms with Crippen LogP contribution in [0.15, 0.2) is 77.6 Å². The highest BCUT2D eigenvalue weighted by molar-refractivity contribution is 6.30. The second-order valence-electron chi connectivity index (χ2n) is 9.77. The van der Waals surface area contributed by atoms with Gasteiger partial charge in [-0.05, 0) is 70.6 Å². The number of nitrogens with zero attached hydrogens (tertiary/aromatic N) is 5. The van der Waals surface area contributed by atoms with Gasteiger partial charge in [-0.2, -0.15) is 0 Å². The van der Waals surface area contributed by atoms with Gasteiger partial charge in [0.2, 0.25) is 0 Å². The molecular formula is C30H31ClN6O2. The van der Waals surface area contributed by atoms with Crippen molar-refractivity contribution in [3.63, 3.8) is 0 Å². The first-order valence-corrected chi connectivity index (χ1v) is 13.2. The fourth-order valence-electron chi connectivity index (χ4n) is 5.03. The summed E-state index contributed by atoms with van der Waals surface area (Å²) < 4.78 is 7.04. The summed E-state index contributed by atoms with van der Waals surface area (Å²) in [5.41, 5.74) is 5.55. The molecule has 2 heterocycles. The summed E-state index contributed by atoms with van der Waals surface area (Å²) in [4.78, 5) is 19.2. The first kappa shape index (κ1) is 26.7. The lowest BCUT2D eigenvalue weighted by atomic mass is 9.99. The SMILES string of the molecule is COCCn1nnnc1[C@@H](c1cc2cc(C)cc(C)c2[nH]c1=O)N(Cc1ccccc1)Cc1ccc(Cl)cc1. The molecule has 200 valence electrons. The molecule has 0 saturated heterocycles. The number of H-pyrrole nitrogens is 1. The molecule has 0 unspecified atom stereocenters. The van der Waals surface area contributed by atoms with Gasteiger partial charge in [0.15, 0.2) is 5.82 Å². The number of methoxy groups -OCH3 is 1. The van der Waals surface area contributed by atoms with Crippen molar-refractivity contribution in [3.05, 3.63) is 122 Å². The highest BCUT2D eigenvalue weighted by Crippen LogP contribution is 2.31. The van der Waals surface area contributed by atoms with Gasteiger partial charge < -0.3 is 9.72 Å². The molecule has 0 amide bonds. The molecule has 0 aliphatic rings. The van der Waals surface area contributed by atoms with E-state index in [0.717, 1.165) is 33.2 Å². The van der Waals surface area contributed by atoms with E-state index in [1.54, 1.807) is 11.8 Å². The first-order valence-electron chi connectivity index (χ1n) is 12.8. The minimum absolute atomic E-state index is 0.171. The van der Waals surface area contributed by atoms with Gasteiger partial charge >= 0.3 is 0 Å². The Kier molecular flexibility index (Phi) is 8.16. The maximum atomic E-state index is 13.8. The molecule has 0 aliphatic heterocycles. The van der Waals surface area contributed by atoms with E-state index in [1.165, 1.54) is 0 Å². The van der Waals surface area contributed by atoms with Gasteiger partial charge in [-0.3, -0.25) is 9.69 Å². The van der Waals surface area contributed by atoms with Gasteiger partial charge in [-0.1, -0.05) is 65.7 Å². The van der Waals surface area contributed by atoms with Crippen molar-refractivity contribution < 1.29 is 4.74 Å². The topological polar surface area (TPSA) is 88.9 Å². The fraction of sp³-hybridized carbons (Fsp3) is 0.267. The predicted molar refractivity (Wildman–Crippen MR) is 153 cm³/mol. The predicted octanol–water partition coefficient (Wildman–Crippen LogP) is 5.22. The molecule has 0 spiro atoms. The quantitative estimate of drug-likeness (QED) is 0.260. The number of fused-ring (bicyclic) bond motifs is 1. The molecule has 8 nitrogen and oxygen atoms in total. The summed E-state index contributed by atoms with van der Waals surface area (Å²) in [6.45, 7) is 6.07. The van der Waals surface area contributed by atoms with Crippen LogP contribution >= 0.6 is 11.6 Å². The Morgan fingerprint density at radius 2 is 1.72 bits per heavy atom. The normalized spacial score (nSPS) is 12.3. The Bertz CT molecular complexity index is 1610. The Hall–Kier alpha value is -3.85. The summed E-state index contributed by atoms with van der Waals surface area (Å²) in [6, 6.07) is 23.6. The maximum absolute atomic E-state index is 13.8. The van der Waals surface area contributed by atoms with Crippen molar-refractivity contribution in [1.29, 1.82) is 0 Å². The lowest BCUT2D eigenvalue weighted by molar-refractivity contribution is 0.169. The summed E-state index contributed by atoms with van der Waals surface area (Å²) >= 11 is 6.19. The van der Waals surface area contributed by atoms with Crippen LogP contribution in [0.3, 0.4) is 0 Å². The highest BCUT2D eigenvalue weighted by Gasteiger charge is 2.31. The molecule has 9 heteroatoms. The number of nitrogens with one attached hydrogen (secondary N) is 1. The zero-order valence-electron chi connectivity index (χ0n) is 22.3. The minimum Gasteiger partial charge on any atom is -0.383 e. The zero-order valence-corrected chi connectivity index (χ0v) is 23.0. The third-order valence-electron chi connectivity index (χ3n) is 6.82. The van der Waals surface area contributed by atoms with Crippen LogP contribution in [0.1, 0.15) is 39.7 Å². The van der Waals surface area contributed by atoms with Crippen LogP contribution in [0.25, 0.3) is 10.9 Å². The van der Waals surface area contributed by atoms with Crippen molar-refractivity contribution in [2.24, 2.45) is 0 Å². The van der Waals surface area contributed by atoms with E-state index in [4.69, 9.17) is 16.3 Å². The van der Waals surface area contributed by atoms with E-state index in [0.29, 0.717) is 42.7 Å². The van der Waals surface area contributed by atoms with Crippen molar-refractivity contribution in [2.45, 2.75) is 39.5 Å². The largest absolute Gasteiger partial charge is 0.383 e. The molecule has 0 radical (unpaired) electrons. The summed E-state index contributed by atoms with van der Waals surface area (Å²) in [7, 11) is 1.64. The molecular weight excluding hydrogens is 512 g/mol. The van der Waals surface area contributed by atoms with E-state index in [-0.39, 0.29) is 5.56 Å². The van der Waals surface area contributed by atoms with Crippen molar-refractivity contribution in [3.8, 4) is 0 Å². The van der Waals surface area contributed by atoms with Gasteiger partial charge in [0.05, 0.1) is 18.7 Å². The molecule has 1 N–H and O–H groups in total. The summed E-state index contributed by atoms with van der Waals surface area (Å²) in [5.74, 6) is 0.575. The molecule has 5 rings (SSSR count). The Morgan fingerprint density at radius 3 is 2.44 bits per heavy atom. The van der Waals surface area contributed by atoms with E-state index >= 15 is 0 Å². The molecule has 0 aliphatic carbocycles. The minimum atomic E-state index is -0.540. The molecule has 1 atom stereocenters. The number of tetrazole rings is 1. The van der Waals surface area contributed by atoms with Crippen LogP contribution in [0.2, 0.25) is 5.02 Å². The smallest absolute Gasteiger partial charge is 0.253 e. The number of ether oxygens (including phenoxy) is 1. The van der Waals surface area contributed by atoms with Crippen molar-refractivity contribution in [1.82, 2.24) is 30.1 Å². The standard InChI is InChI=1S/C30H31ClN6O2/c1-20-15-21(2)27-24(16-20)17-26(30(38)32-27)28(29-33-34-35-37(29)13-14-39-3)36(18-22-7-5-4-6-8-22)19-23-9-11-25(31)12-10-23/h4-12,15-17,28H,13-14,18-19H2,1-3H3,(H,32,38)/t28-/m1/s1. The fourth-order valence-corrected chi connectivity index (χ4v) is 5.16. The summed E-state index contributed by atoms with van der Waals surface area (Å²) in [6.07, 6.45) is 0. The highest BCUT2D eigenvalue weighted by atomic mass is 35.5. The van der Waals surface area contributed by atoms with Crippen LogP contribution in [0.5, 0.6) is 0 Å². The first-order chi connectivity index (χ1) is 18.9. The Morgan fingerprint density at radius 1 is 1.00 bits per heavy atom.